The monoisotopic (exact) mass is 239 g/mol. The van der Waals surface area contributed by atoms with E-state index in [0.29, 0.717) is 18.0 Å². The molecular weight excluding hydrogens is 226 g/mol. The van der Waals surface area contributed by atoms with E-state index in [1.165, 1.54) is 4.31 Å². The molecule has 2 aliphatic heterocycles. The van der Waals surface area contributed by atoms with Crippen molar-refractivity contribution in [3.63, 3.8) is 0 Å². The van der Waals surface area contributed by atoms with Crippen LogP contribution in [0, 0.1) is 6.92 Å². The molecule has 0 saturated carbocycles. The van der Waals surface area contributed by atoms with Gasteiger partial charge in [0.1, 0.15) is 0 Å². The number of ether oxygens (including phenoxy) is 1. The van der Waals surface area contributed by atoms with E-state index in [4.69, 9.17) is 4.74 Å². The molecule has 0 aromatic heterocycles. The van der Waals surface area contributed by atoms with Crippen LogP contribution in [0.5, 0.6) is 0 Å². The molecule has 16 heavy (non-hydrogen) atoms. The molecule has 0 aliphatic carbocycles. The van der Waals surface area contributed by atoms with Gasteiger partial charge in [-0.1, -0.05) is 17.7 Å². The quantitative estimate of drug-likeness (QED) is 0.732. The first kappa shape index (κ1) is 10.3. The van der Waals surface area contributed by atoms with E-state index >= 15 is 0 Å². The summed E-state index contributed by atoms with van der Waals surface area (Å²) in [5.74, 6) is 0. The van der Waals surface area contributed by atoms with Gasteiger partial charge in [-0.2, -0.15) is 4.31 Å². The van der Waals surface area contributed by atoms with Gasteiger partial charge in [-0.15, -0.1) is 0 Å². The van der Waals surface area contributed by atoms with Crippen molar-refractivity contribution >= 4 is 10.0 Å². The van der Waals surface area contributed by atoms with E-state index in [9.17, 15) is 8.42 Å². The molecule has 86 valence electrons. The van der Waals surface area contributed by atoms with Gasteiger partial charge in [-0.25, -0.2) is 8.42 Å². The molecule has 0 amide bonds. The first-order valence-electron chi connectivity index (χ1n) is 5.29. The molecule has 4 nitrogen and oxygen atoms in total. The van der Waals surface area contributed by atoms with Gasteiger partial charge in [0, 0.05) is 6.54 Å². The molecular formula is C11H13NO3S. The highest BCUT2D eigenvalue weighted by Crippen LogP contribution is 2.35. The van der Waals surface area contributed by atoms with Gasteiger partial charge in [0.15, 0.2) is 0 Å². The molecule has 2 fully saturated rings. The van der Waals surface area contributed by atoms with Crippen molar-refractivity contribution in [3.05, 3.63) is 29.8 Å². The van der Waals surface area contributed by atoms with Crippen molar-refractivity contribution in [2.24, 2.45) is 0 Å². The predicted octanol–water partition coefficient (Wildman–Crippen LogP) is 0.767. The minimum absolute atomic E-state index is 0.0753. The van der Waals surface area contributed by atoms with E-state index in [0.717, 1.165) is 5.56 Å². The fourth-order valence-corrected chi connectivity index (χ4v) is 3.43. The predicted molar refractivity (Wildman–Crippen MR) is 58.6 cm³/mol. The molecule has 0 radical (unpaired) electrons. The van der Waals surface area contributed by atoms with E-state index in [1.54, 1.807) is 12.1 Å². The zero-order valence-corrected chi connectivity index (χ0v) is 9.78. The Kier molecular flexibility index (Phi) is 2.11. The lowest BCUT2D eigenvalue weighted by Crippen LogP contribution is -2.17. The standard InChI is InChI=1S/C11H13NO3S/c1-8-2-4-9(5-3-8)16(13,14)12-6-10(12)11-7-15-11/h2-5,10-11H,6-7H2,1H3/t10-,11-,12?/m1/s1. The zero-order valence-electron chi connectivity index (χ0n) is 8.96. The van der Waals surface area contributed by atoms with Crippen LogP contribution < -0.4 is 0 Å². The lowest BCUT2D eigenvalue weighted by atomic mass is 10.2. The Morgan fingerprint density at radius 1 is 1.31 bits per heavy atom. The molecule has 1 aromatic rings. The number of sulfonamides is 1. The summed E-state index contributed by atoms with van der Waals surface area (Å²) in [6.45, 7) is 3.24. The number of hydrogen-bond donors (Lipinski definition) is 0. The summed E-state index contributed by atoms with van der Waals surface area (Å²) in [6.07, 6.45) is 0.139. The van der Waals surface area contributed by atoms with Gasteiger partial charge in [-0.05, 0) is 19.1 Å². The fourth-order valence-electron chi connectivity index (χ4n) is 1.84. The minimum atomic E-state index is -3.28. The van der Waals surface area contributed by atoms with Crippen LogP contribution >= 0.6 is 0 Å². The summed E-state index contributed by atoms with van der Waals surface area (Å²) < 4.78 is 30.9. The van der Waals surface area contributed by atoms with Gasteiger partial charge >= 0.3 is 0 Å². The molecule has 2 heterocycles. The summed E-state index contributed by atoms with van der Waals surface area (Å²) in [5.41, 5.74) is 1.06. The van der Waals surface area contributed by atoms with E-state index in [2.05, 4.69) is 0 Å². The molecule has 0 spiro atoms. The molecule has 5 heteroatoms. The number of aryl methyl sites for hydroxylation is 1. The Hall–Kier alpha value is -0.910. The molecule has 3 rings (SSSR count). The number of rotatable bonds is 3. The lowest BCUT2D eigenvalue weighted by Gasteiger charge is -2.05. The summed E-state index contributed by atoms with van der Waals surface area (Å²) in [7, 11) is -3.28. The molecule has 2 aliphatic rings. The van der Waals surface area contributed by atoms with Crippen LogP contribution in [0.15, 0.2) is 29.2 Å². The SMILES string of the molecule is Cc1ccc(S(=O)(=O)N2C[C@@H]2[C@H]2CO2)cc1. The van der Waals surface area contributed by atoms with Gasteiger partial charge < -0.3 is 4.74 Å². The Morgan fingerprint density at radius 2 is 1.94 bits per heavy atom. The molecule has 3 atom stereocenters. The normalized spacial score (nSPS) is 32.4. The van der Waals surface area contributed by atoms with Gasteiger partial charge in [0.05, 0.1) is 23.6 Å². The Bertz CT molecular complexity index is 505. The maximum absolute atomic E-state index is 12.1. The second-order valence-corrected chi connectivity index (χ2v) is 6.22. The summed E-state index contributed by atoms with van der Waals surface area (Å²) in [5, 5.41) is 0. The van der Waals surface area contributed by atoms with Crippen molar-refractivity contribution in [1.82, 2.24) is 4.31 Å². The maximum Gasteiger partial charge on any atom is 0.243 e. The van der Waals surface area contributed by atoms with Crippen molar-refractivity contribution in [2.45, 2.75) is 24.0 Å². The van der Waals surface area contributed by atoms with Crippen LogP contribution in [0.4, 0.5) is 0 Å². The van der Waals surface area contributed by atoms with Crippen molar-refractivity contribution in [2.75, 3.05) is 13.2 Å². The van der Waals surface area contributed by atoms with Crippen LogP contribution in [-0.4, -0.2) is 38.0 Å². The van der Waals surface area contributed by atoms with Crippen LogP contribution in [0.1, 0.15) is 5.56 Å². The molecule has 2 saturated heterocycles. The Labute approximate surface area is 94.9 Å². The molecule has 0 bridgehead atoms. The third-order valence-corrected chi connectivity index (χ3v) is 4.92. The topological polar surface area (TPSA) is 49.7 Å². The van der Waals surface area contributed by atoms with Gasteiger partial charge in [0.25, 0.3) is 0 Å². The minimum Gasteiger partial charge on any atom is -0.371 e. The Balaban J connectivity index is 1.85. The lowest BCUT2D eigenvalue weighted by molar-refractivity contribution is 0.393. The highest BCUT2D eigenvalue weighted by atomic mass is 32.2. The van der Waals surface area contributed by atoms with Crippen LogP contribution in [0.25, 0.3) is 0 Å². The van der Waals surface area contributed by atoms with Crippen LogP contribution in [-0.2, 0) is 14.8 Å². The average Bonchev–Trinajstić information content (AvgIpc) is 3.10. The summed E-state index contributed by atoms with van der Waals surface area (Å²) in [4.78, 5) is 0.376. The second kappa shape index (κ2) is 3.29. The highest BCUT2D eigenvalue weighted by Gasteiger charge is 2.53. The van der Waals surface area contributed by atoms with E-state index < -0.39 is 10.0 Å². The van der Waals surface area contributed by atoms with Crippen LogP contribution in [0.3, 0.4) is 0 Å². The first-order chi connectivity index (χ1) is 7.59. The number of epoxide rings is 1. The summed E-state index contributed by atoms with van der Waals surface area (Å²) >= 11 is 0. The Morgan fingerprint density at radius 3 is 2.50 bits per heavy atom. The first-order valence-corrected chi connectivity index (χ1v) is 6.73. The summed E-state index contributed by atoms with van der Waals surface area (Å²) in [6, 6.07) is 7.03. The van der Waals surface area contributed by atoms with Crippen molar-refractivity contribution < 1.29 is 13.2 Å². The van der Waals surface area contributed by atoms with Gasteiger partial charge in [-0.3, -0.25) is 0 Å². The van der Waals surface area contributed by atoms with Crippen molar-refractivity contribution in [3.8, 4) is 0 Å². The second-order valence-electron chi connectivity index (χ2n) is 4.33. The smallest absolute Gasteiger partial charge is 0.243 e. The average molecular weight is 239 g/mol. The number of nitrogens with zero attached hydrogens (tertiary/aromatic N) is 1. The zero-order chi connectivity index (χ0) is 11.3. The van der Waals surface area contributed by atoms with Gasteiger partial charge in [0.2, 0.25) is 10.0 Å². The molecule has 1 aromatic carbocycles. The molecule has 1 unspecified atom stereocenters. The molecule has 0 N–H and O–H groups in total. The third-order valence-electron chi connectivity index (χ3n) is 3.02. The third kappa shape index (κ3) is 1.65. The number of benzene rings is 1. The fraction of sp³-hybridized carbons (Fsp3) is 0.455. The van der Waals surface area contributed by atoms with Crippen LogP contribution in [0.2, 0.25) is 0 Å². The van der Waals surface area contributed by atoms with E-state index in [1.807, 2.05) is 19.1 Å². The highest BCUT2D eigenvalue weighted by molar-refractivity contribution is 7.89. The van der Waals surface area contributed by atoms with Crippen molar-refractivity contribution in [1.29, 1.82) is 0 Å². The maximum atomic E-state index is 12.1. The number of hydrogen-bond acceptors (Lipinski definition) is 3. The van der Waals surface area contributed by atoms with E-state index in [-0.39, 0.29) is 12.1 Å². The largest absolute Gasteiger partial charge is 0.371 e.